The van der Waals surface area contributed by atoms with Gasteiger partial charge in [0.1, 0.15) is 5.82 Å². The van der Waals surface area contributed by atoms with Gasteiger partial charge in [-0.2, -0.15) is 13.2 Å². The predicted molar refractivity (Wildman–Crippen MR) is 59.1 cm³/mol. The van der Waals surface area contributed by atoms with Crippen LogP contribution in [0.15, 0.2) is 12.1 Å². The highest BCUT2D eigenvalue weighted by Gasteiger charge is 2.25. The molecule has 0 radical (unpaired) electrons. The summed E-state index contributed by atoms with van der Waals surface area (Å²) >= 11 is 0. The third-order valence-electron chi connectivity index (χ3n) is 2.04. The highest BCUT2D eigenvalue weighted by Crippen LogP contribution is 2.22. The zero-order valence-corrected chi connectivity index (χ0v) is 9.20. The molecule has 0 unspecified atom stereocenters. The van der Waals surface area contributed by atoms with E-state index in [-0.39, 0.29) is 30.3 Å². The monoisotopic (exact) mass is 264 g/mol. The lowest BCUT2D eigenvalue weighted by Gasteiger charge is -2.08. The van der Waals surface area contributed by atoms with Crippen molar-refractivity contribution in [2.75, 3.05) is 17.6 Å². The molecule has 6 nitrogen and oxygen atoms in total. The van der Waals surface area contributed by atoms with Crippen LogP contribution in [0.25, 0.3) is 0 Å². The van der Waals surface area contributed by atoms with Gasteiger partial charge < -0.3 is 11.1 Å². The molecular formula is C9H11F3N4O2. The molecule has 18 heavy (non-hydrogen) atoms. The van der Waals surface area contributed by atoms with Gasteiger partial charge >= 0.3 is 11.9 Å². The summed E-state index contributed by atoms with van der Waals surface area (Å²) in [6.45, 7) is 0.0593. The Morgan fingerprint density at radius 1 is 1.44 bits per heavy atom. The van der Waals surface area contributed by atoms with Crippen molar-refractivity contribution in [1.29, 1.82) is 0 Å². The number of nitrogens with two attached hydrogens (primary N) is 1. The number of nitrogen functional groups attached to an aromatic ring is 1. The number of nitrogens with one attached hydrogen (secondary N) is 1. The molecule has 0 saturated carbocycles. The zero-order valence-electron chi connectivity index (χ0n) is 9.20. The van der Waals surface area contributed by atoms with Crippen LogP contribution in [0.5, 0.6) is 0 Å². The van der Waals surface area contributed by atoms with Crippen molar-refractivity contribution in [3.05, 3.63) is 22.2 Å². The molecule has 1 aromatic rings. The van der Waals surface area contributed by atoms with Crippen molar-refractivity contribution in [3.63, 3.8) is 0 Å². The molecule has 9 heteroatoms. The number of rotatable bonds is 5. The first kappa shape index (κ1) is 14.0. The van der Waals surface area contributed by atoms with E-state index in [1.807, 2.05) is 0 Å². The molecule has 0 fully saturated rings. The van der Waals surface area contributed by atoms with Crippen molar-refractivity contribution in [1.82, 2.24) is 4.98 Å². The number of anilines is 2. The first-order valence-corrected chi connectivity index (χ1v) is 5.01. The van der Waals surface area contributed by atoms with E-state index in [1.165, 1.54) is 6.07 Å². The smallest absolute Gasteiger partial charge is 0.378 e. The Kier molecular flexibility index (Phi) is 4.29. The van der Waals surface area contributed by atoms with Crippen LogP contribution in [-0.4, -0.2) is 22.6 Å². The van der Waals surface area contributed by atoms with Crippen LogP contribution in [-0.2, 0) is 0 Å². The fourth-order valence-corrected chi connectivity index (χ4v) is 1.23. The summed E-state index contributed by atoms with van der Waals surface area (Å²) in [5.74, 6) is -0.0684. The number of alkyl halides is 3. The molecule has 0 bridgehead atoms. The highest BCUT2D eigenvalue weighted by atomic mass is 19.4. The maximum atomic E-state index is 11.8. The molecule has 0 aliphatic rings. The van der Waals surface area contributed by atoms with Gasteiger partial charge in [0.25, 0.3) is 0 Å². The van der Waals surface area contributed by atoms with E-state index in [0.717, 1.165) is 6.07 Å². The van der Waals surface area contributed by atoms with Crippen LogP contribution >= 0.6 is 0 Å². The fourth-order valence-electron chi connectivity index (χ4n) is 1.23. The molecule has 0 spiro atoms. The van der Waals surface area contributed by atoms with Crippen LogP contribution in [0, 0.1) is 10.1 Å². The maximum Gasteiger partial charge on any atom is 0.389 e. The summed E-state index contributed by atoms with van der Waals surface area (Å²) in [5.41, 5.74) is 4.99. The lowest BCUT2D eigenvalue weighted by molar-refractivity contribution is -0.384. The SMILES string of the molecule is Nc1nc(NCCCC(F)(F)F)ccc1[N+](=O)[O-]. The van der Waals surface area contributed by atoms with E-state index >= 15 is 0 Å². The van der Waals surface area contributed by atoms with Crippen LogP contribution in [0.4, 0.5) is 30.5 Å². The fraction of sp³-hybridized carbons (Fsp3) is 0.444. The minimum atomic E-state index is -4.19. The van der Waals surface area contributed by atoms with Crippen LogP contribution in [0.2, 0.25) is 0 Å². The summed E-state index contributed by atoms with van der Waals surface area (Å²) in [6.07, 6.45) is -5.20. The van der Waals surface area contributed by atoms with Crippen molar-refractivity contribution < 1.29 is 18.1 Å². The molecule has 0 aliphatic carbocycles. The predicted octanol–water partition coefficient (Wildman–Crippen LogP) is 2.33. The van der Waals surface area contributed by atoms with Gasteiger partial charge in [0.2, 0.25) is 5.82 Å². The lowest BCUT2D eigenvalue weighted by Crippen LogP contribution is -2.11. The van der Waals surface area contributed by atoms with E-state index in [0.29, 0.717) is 0 Å². The third-order valence-corrected chi connectivity index (χ3v) is 2.04. The van der Waals surface area contributed by atoms with Gasteiger partial charge in [0, 0.05) is 19.0 Å². The Morgan fingerprint density at radius 2 is 2.11 bits per heavy atom. The maximum absolute atomic E-state index is 11.8. The Bertz CT molecular complexity index is 436. The van der Waals surface area contributed by atoms with Gasteiger partial charge in [-0.05, 0) is 12.5 Å². The standard InChI is InChI=1S/C9H11F3N4O2/c10-9(11,12)4-1-5-14-7-3-2-6(16(17)18)8(13)15-7/h2-3H,1,4-5H2,(H3,13,14,15). The Hall–Kier alpha value is -2.06. The molecule has 1 rings (SSSR count). The average Bonchev–Trinajstić information content (AvgIpc) is 2.22. The second-order valence-electron chi connectivity index (χ2n) is 3.50. The minimum absolute atomic E-state index is 0.0593. The van der Waals surface area contributed by atoms with E-state index in [9.17, 15) is 23.3 Å². The van der Waals surface area contributed by atoms with E-state index in [1.54, 1.807) is 0 Å². The number of nitro groups is 1. The topological polar surface area (TPSA) is 94.1 Å². The Balaban J connectivity index is 2.49. The first-order valence-electron chi connectivity index (χ1n) is 5.01. The largest absolute Gasteiger partial charge is 0.389 e. The van der Waals surface area contributed by atoms with Gasteiger partial charge in [0.05, 0.1) is 4.92 Å². The third kappa shape index (κ3) is 4.44. The second kappa shape index (κ2) is 5.52. The molecule has 3 N–H and O–H groups in total. The lowest BCUT2D eigenvalue weighted by atomic mass is 10.3. The summed E-state index contributed by atoms with van der Waals surface area (Å²) in [7, 11) is 0. The number of aromatic nitrogens is 1. The molecule has 0 amide bonds. The van der Waals surface area contributed by atoms with E-state index < -0.39 is 17.5 Å². The molecule has 0 aliphatic heterocycles. The quantitative estimate of drug-likeness (QED) is 0.483. The molecule has 0 atom stereocenters. The van der Waals surface area contributed by atoms with Crippen LogP contribution in [0.1, 0.15) is 12.8 Å². The Labute approximate surface area is 100 Å². The first-order chi connectivity index (χ1) is 8.29. The minimum Gasteiger partial charge on any atom is -0.378 e. The summed E-state index contributed by atoms with van der Waals surface area (Å²) < 4.78 is 35.5. The number of nitrogens with zero attached hydrogens (tertiary/aromatic N) is 2. The van der Waals surface area contributed by atoms with Gasteiger partial charge in [-0.15, -0.1) is 0 Å². The van der Waals surface area contributed by atoms with Gasteiger partial charge in [-0.3, -0.25) is 10.1 Å². The molecule has 0 saturated heterocycles. The molecule has 1 aromatic heterocycles. The van der Waals surface area contributed by atoms with Gasteiger partial charge in [0.15, 0.2) is 0 Å². The van der Waals surface area contributed by atoms with Crippen LogP contribution < -0.4 is 11.1 Å². The van der Waals surface area contributed by atoms with Crippen molar-refractivity contribution >= 4 is 17.3 Å². The number of hydrogen-bond acceptors (Lipinski definition) is 5. The van der Waals surface area contributed by atoms with Crippen molar-refractivity contribution in [2.24, 2.45) is 0 Å². The van der Waals surface area contributed by atoms with E-state index in [2.05, 4.69) is 10.3 Å². The second-order valence-corrected chi connectivity index (χ2v) is 3.50. The van der Waals surface area contributed by atoms with Crippen LogP contribution in [0.3, 0.4) is 0 Å². The zero-order chi connectivity index (χ0) is 13.8. The molecular weight excluding hydrogens is 253 g/mol. The van der Waals surface area contributed by atoms with E-state index in [4.69, 9.17) is 5.73 Å². The van der Waals surface area contributed by atoms with Gasteiger partial charge in [-0.1, -0.05) is 0 Å². The summed E-state index contributed by atoms with van der Waals surface area (Å²) in [6, 6.07) is 2.44. The number of hydrogen-bond donors (Lipinski definition) is 2. The Morgan fingerprint density at radius 3 is 2.61 bits per heavy atom. The summed E-state index contributed by atoms with van der Waals surface area (Å²) in [4.78, 5) is 13.4. The van der Waals surface area contributed by atoms with Crippen molar-refractivity contribution in [2.45, 2.75) is 19.0 Å². The highest BCUT2D eigenvalue weighted by molar-refractivity contribution is 5.57. The number of halogens is 3. The average molecular weight is 264 g/mol. The molecule has 0 aromatic carbocycles. The normalized spacial score (nSPS) is 11.3. The molecule has 100 valence electrons. The molecule has 1 heterocycles. The van der Waals surface area contributed by atoms with Crippen molar-refractivity contribution in [3.8, 4) is 0 Å². The number of pyridine rings is 1. The summed E-state index contributed by atoms with van der Waals surface area (Å²) in [5, 5.41) is 13.1. The van der Waals surface area contributed by atoms with Gasteiger partial charge in [-0.25, -0.2) is 4.98 Å².